The summed E-state index contributed by atoms with van der Waals surface area (Å²) in [6.07, 6.45) is 0.719. The van der Waals surface area contributed by atoms with Crippen LogP contribution in [0.2, 0.25) is 0 Å². The van der Waals surface area contributed by atoms with Crippen molar-refractivity contribution in [2.75, 3.05) is 13.2 Å². The number of carbonyl (C=O) groups is 1. The molecule has 4 heteroatoms. The Labute approximate surface area is 141 Å². The van der Waals surface area contributed by atoms with Crippen LogP contribution in [0.5, 0.6) is 0 Å². The molecule has 4 nitrogen and oxygen atoms in total. The van der Waals surface area contributed by atoms with Crippen LogP contribution in [0.1, 0.15) is 21.7 Å². The van der Waals surface area contributed by atoms with E-state index >= 15 is 0 Å². The molecule has 124 valence electrons. The van der Waals surface area contributed by atoms with E-state index in [1.165, 1.54) is 5.56 Å². The number of aryl methyl sites for hydroxylation is 1. The number of para-hydroxylation sites is 1. The van der Waals surface area contributed by atoms with Gasteiger partial charge in [0.15, 0.2) is 5.76 Å². The average Bonchev–Trinajstić information content (AvgIpc) is 3.04. The van der Waals surface area contributed by atoms with Crippen LogP contribution in [-0.2, 0) is 6.42 Å². The Morgan fingerprint density at radius 3 is 2.62 bits per heavy atom. The topological polar surface area (TPSA) is 62.5 Å². The minimum Gasteiger partial charge on any atom is -0.451 e. The summed E-state index contributed by atoms with van der Waals surface area (Å²) in [5, 5.41) is 13.3. The molecule has 0 unspecified atom stereocenters. The first-order valence-corrected chi connectivity index (χ1v) is 8.09. The lowest BCUT2D eigenvalue weighted by Gasteiger charge is -2.14. The summed E-state index contributed by atoms with van der Waals surface area (Å²) in [6.45, 7) is 2.47. The Morgan fingerprint density at radius 2 is 1.92 bits per heavy atom. The van der Waals surface area contributed by atoms with E-state index in [1.807, 2.05) is 31.2 Å². The summed E-state index contributed by atoms with van der Waals surface area (Å²) in [5.74, 6) is 0.0119. The summed E-state index contributed by atoms with van der Waals surface area (Å²) in [7, 11) is 0. The van der Waals surface area contributed by atoms with Gasteiger partial charge >= 0.3 is 0 Å². The Balaban J connectivity index is 1.60. The second-order valence-electron chi connectivity index (χ2n) is 6.10. The fourth-order valence-corrected chi connectivity index (χ4v) is 2.68. The molecule has 0 radical (unpaired) electrons. The molecule has 0 bridgehead atoms. The van der Waals surface area contributed by atoms with Gasteiger partial charge in [0.2, 0.25) is 0 Å². The molecule has 1 heterocycles. The second-order valence-corrected chi connectivity index (χ2v) is 6.10. The van der Waals surface area contributed by atoms with E-state index in [4.69, 9.17) is 4.42 Å². The van der Waals surface area contributed by atoms with Crippen molar-refractivity contribution in [2.45, 2.75) is 13.3 Å². The van der Waals surface area contributed by atoms with Crippen molar-refractivity contribution in [3.63, 3.8) is 0 Å². The first-order chi connectivity index (χ1) is 11.7. The van der Waals surface area contributed by atoms with Crippen LogP contribution in [0.25, 0.3) is 11.0 Å². The largest absolute Gasteiger partial charge is 0.451 e. The lowest BCUT2D eigenvalue weighted by Crippen LogP contribution is -2.31. The maximum atomic E-state index is 12.2. The van der Waals surface area contributed by atoms with Gasteiger partial charge in [-0.1, -0.05) is 48.0 Å². The third-order valence-corrected chi connectivity index (χ3v) is 4.10. The van der Waals surface area contributed by atoms with Gasteiger partial charge in [0.05, 0.1) is 0 Å². The minimum absolute atomic E-state index is 0.0221. The van der Waals surface area contributed by atoms with Gasteiger partial charge in [-0.05, 0) is 31.0 Å². The van der Waals surface area contributed by atoms with Crippen LogP contribution in [0, 0.1) is 12.8 Å². The van der Waals surface area contributed by atoms with Crippen LogP contribution < -0.4 is 5.32 Å². The molecule has 0 spiro atoms. The molecule has 0 aliphatic heterocycles. The zero-order chi connectivity index (χ0) is 16.9. The normalized spacial score (nSPS) is 12.2. The molecule has 1 atom stereocenters. The van der Waals surface area contributed by atoms with Gasteiger partial charge in [-0.2, -0.15) is 0 Å². The maximum absolute atomic E-state index is 12.2. The number of hydrogen-bond donors (Lipinski definition) is 2. The highest BCUT2D eigenvalue weighted by Crippen LogP contribution is 2.18. The van der Waals surface area contributed by atoms with Gasteiger partial charge in [0, 0.05) is 24.5 Å². The summed E-state index contributed by atoms with van der Waals surface area (Å²) in [4.78, 5) is 12.2. The fourth-order valence-electron chi connectivity index (χ4n) is 2.68. The first kappa shape index (κ1) is 16.3. The molecular formula is C20H21NO3. The van der Waals surface area contributed by atoms with Crippen molar-refractivity contribution >= 4 is 16.9 Å². The molecular weight excluding hydrogens is 302 g/mol. The third kappa shape index (κ3) is 3.84. The van der Waals surface area contributed by atoms with Crippen LogP contribution in [0.4, 0.5) is 0 Å². The summed E-state index contributed by atoms with van der Waals surface area (Å²) in [5.41, 5.74) is 3.05. The van der Waals surface area contributed by atoms with Crippen molar-refractivity contribution in [3.05, 3.63) is 71.5 Å². The summed E-state index contributed by atoms with van der Waals surface area (Å²) < 4.78 is 5.55. The van der Waals surface area contributed by atoms with E-state index in [1.54, 1.807) is 6.07 Å². The van der Waals surface area contributed by atoms with E-state index in [9.17, 15) is 9.90 Å². The number of aliphatic hydroxyl groups excluding tert-OH is 1. The number of fused-ring (bicyclic) bond motifs is 1. The molecule has 1 aromatic heterocycles. The standard InChI is InChI=1S/C20H21NO3/c1-14-6-8-15(9-7-14)10-16(13-22)12-21-20(23)19-11-17-4-2-3-5-18(17)24-19/h2-9,11,16,22H,10,12-13H2,1H3,(H,21,23)/t16-/m0/s1. The Morgan fingerprint density at radius 1 is 1.17 bits per heavy atom. The quantitative estimate of drug-likeness (QED) is 0.731. The molecule has 0 saturated heterocycles. The lowest BCUT2D eigenvalue weighted by atomic mass is 9.99. The van der Waals surface area contributed by atoms with Crippen LogP contribution >= 0.6 is 0 Å². The highest BCUT2D eigenvalue weighted by atomic mass is 16.3. The number of carbonyl (C=O) groups excluding carboxylic acids is 1. The van der Waals surface area contributed by atoms with E-state index in [-0.39, 0.29) is 18.4 Å². The Bertz CT molecular complexity index is 787. The zero-order valence-electron chi connectivity index (χ0n) is 13.7. The van der Waals surface area contributed by atoms with E-state index in [0.29, 0.717) is 17.9 Å². The molecule has 0 saturated carbocycles. The Kier molecular flexibility index (Phi) is 4.96. The highest BCUT2D eigenvalue weighted by Gasteiger charge is 2.15. The molecule has 2 N–H and O–H groups in total. The van der Waals surface area contributed by atoms with E-state index in [2.05, 4.69) is 29.6 Å². The Hall–Kier alpha value is -2.59. The summed E-state index contributed by atoms with van der Waals surface area (Å²) >= 11 is 0. The molecule has 3 rings (SSSR count). The number of furan rings is 1. The van der Waals surface area contributed by atoms with Crippen molar-refractivity contribution in [3.8, 4) is 0 Å². The van der Waals surface area contributed by atoms with Gasteiger partial charge in [-0.15, -0.1) is 0 Å². The van der Waals surface area contributed by atoms with Gasteiger partial charge in [-0.3, -0.25) is 4.79 Å². The predicted molar refractivity (Wildman–Crippen MR) is 94.0 cm³/mol. The molecule has 0 aliphatic rings. The number of rotatable bonds is 6. The monoisotopic (exact) mass is 323 g/mol. The molecule has 24 heavy (non-hydrogen) atoms. The average molecular weight is 323 g/mol. The SMILES string of the molecule is Cc1ccc(C[C@H](CO)CNC(=O)c2cc3ccccc3o2)cc1. The van der Waals surface area contributed by atoms with Crippen molar-refractivity contribution in [2.24, 2.45) is 5.92 Å². The van der Waals surface area contributed by atoms with Crippen molar-refractivity contribution < 1.29 is 14.3 Å². The lowest BCUT2D eigenvalue weighted by molar-refractivity contribution is 0.0914. The van der Waals surface area contributed by atoms with E-state index in [0.717, 1.165) is 17.4 Å². The number of nitrogens with one attached hydrogen (secondary N) is 1. The van der Waals surface area contributed by atoms with Crippen LogP contribution in [-0.4, -0.2) is 24.2 Å². The molecule has 3 aromatic rings. The second kappa shape index (κ2) is 7.32. The molecule has 1 amide bonds. The molecule has 0 fully saturated rings. The van der Waals surface area contributed by atoms with Gasteiger partial charge in [-0.25, -0.2) is 0 Å². The van der Waals surface area contributed by atoms with Gasteiger partial charge in [0.25, 0.3) is 5.91 Å². The van der Waals surface area contributed by atoms with Gasteiger partial charge < -0.3 is 14.8 Å². The van der Waals surface area contributed by atoms with E-state index < -0.39 is 0 Å². The first-order valence-electron chi connectivity index (χ1n) is 8.09. The number of aliphatic hydroxyl groups is 1. The van der Waals surface area contributed by atoms with Crippen molar-refractivity contribution in [1.29, 1.82) is 0 Å². The maximum Gasteiger partial charge on any atom is 0.287 e. The summed E-state index contributed by atoms with van der Waals surface area (Å²) in [6, 6.07) is 17.5. The zero-order valence-corrected chi connectivity index (χ0v) is 13.7. The number of amides is 1. The number of benzene rings is 2. The minimum atomic E-state index is -0.256. The van der Waals surface area contributed by atoms with Gasteiger partial charge in [0.1, 0.15) is 5.58 Å². The fraction of sp³-hybridized carbons (Fsp3) is 0.250. The third-order valence-electron chi connectivity index (χ3n) is 4.10. The smallest absolute Gasteiger partial charge is 0.287 e. The predicted octanol–water partition coefficient (Wildman–Crippen LogP) is 3.32. The highest BCUT2D eigenvalue weighted by molar-refractivity contribution is 5.96. The van der Waals surface area contributed by atoms with Crippen LogP contribution in [0.15, 0.2) is 59.0 Å². The van der Waals surface area contributed by atoms with Crippen molar-refractivity contribution in [1.82, 2.24) is 5.32 Å². The number of hydrogen-bond acceptors (Lipinski definition) is 3. The van der Waals surface area contributed by atoms with Crippen LogP contribution in [0.3, 0.4) is 0 Å². The molecule has 0 aliphatic carbocycles. The molecule has 2 aromatic carbocycles.